The summed E-state index contributed by atoms with van der Waals surface area (Å²) in [7, 11) is -3.86. The normalized spacial score (nSPS) is 24.6. The van der Waals surface area contributed by atoms with Crippen molar-refractivity contribution in [3.05, 3.63) is 65.7 Å². The number of aliphatic hydroxyl groups is 2. The van der Waals surface area contributed by atoms with E-state index < -0.39 is 40.2 Å². The Morgan fingerprint density at radius 2 is 1.77 bits per heavy atom. The van der Waals surface area contributed by atoms with Gasteiger partial charge in [0.15, 0.2) is 0 Å². The van der Waals surface area contributed by atoms with E-state index in [-0.39, 0.29) is 49.0 Å². The van der Waals surface area contributed by atoms with Crippen LogP contribution in [-0.4, -0.2) is 73.0 Å². The van der Waals surface area contributed by atoms with Gasteiger partial charge in [-0.15, -0.1) is 0 Å². The van der Waals surface area contributed by atoms with E-state index in [0.29, 0.717) is 12.8 Å². The molecule has 4 rings (SSSR count). The topological polar surface area (TPSA) is 113 Å². The summed E-state index contributed by atoms with van der Waals surface area (Å²) in [5, 5.41) is 21.7. The van der Waals surface area contributed by atoms with Crippen LogP contribution in [0.25, 0.3) is 0 Å². The molecule has 2 fully saturated rings. The lowest BCUT2D eigenvalue weighted by Crippen LogP contribution is -2.43. The van der Waals surface area contributed by atoms with Gasteiger partial charge in [0.25, 0.3) is 0 Å². The van der Waals surface area contributed by atoms with Crippen molar-refractivity contribution < 1.29 is 32.9 Å². The second-order valence-electron chi connectivity index (χ2n) is 11.4. The van der Waals surface area contributed by atoms with Crippen molar-refractivity contribution in [1.29, 1.82) is 0 Å². The number of ether oxygens (including phenoxy) is 2. The molecule has 1 saturated heterocycles. The third kappa shape index (κ3) is 7.46. The van der Waals surface area contributed by atoms with Gasteiger partial charge in [-0.1, -0.05) is 61.9 Å². The van der Waals surface area contributed by atoms with Crippen LogP contribution in [0.3, 0.4) is 0 Å². The van der Waals surface area contributed by atoms with Crippen molar-refractivity contribution in [2.75, 3.05) is 19.7 Å². The van der Waals surface area contributed by atoms with Gasteiger partial charge in [-0.2, -0.15) is 4.31 Å². The van der Waals surface area contributed by atoms with E-state index in [9.17, 15) is 23.4 Å². The second kappa shape index (κ2) is 12.9. The number of aryl methyl sites for hydroxylation is 1. The zero-order chi connectivity index (χ0) is 28.2. The standard InChI is InChI=1S/C30H41NO7S/c1-20(2)17-31(39(35,36)24-11-9-21(3)10-12-24)18-25(32)23(15-22-7-5-4-6-8-22)16-29(34)38-28-14-13-27-30(28)26(33)19-37-27/h4-12,20,23,25-28,30,32-33H,13-19H2,1-3H3/t23-,25-,26-,27-,28+,30?/m1/s1. The predicted molar refractivity (Wildman–Crippen MR) is 147 cm³/mol. The van der Waals surface area contributed by atoms with Gasteiger partial charge in [0, 0.05) is 19.0 Å². The molecule has 39 heavy (non-hydrogen) atoms. The van der Waals surface area contributed by atoms with Crippen molar-refractivity contribution in [2.24, 2.45) is 17.8 Å². The first-order valence-corrected chi connectivity index (χ1v) is 15.3. The Morgan fingerprint density at radius 3 is 2.44 bits per heavy atom. The van der Waals surface area contributed by atoms with Crippen LogP contribution in [0.1, 0.15) is 44.2 Å². The highest BCUT2D eigenvalue weighted by Gasteiger charge is 2.48. The van der Waals surface area contributed by atoms with Crippen molar-refractivity contribution in [1.82, 2.24) is 4.31 Å². The summed E-state index contributed by atoms with van der Waals surface area (Å²) >= 11 is 0. The largest absolute Gasteiger partial charge is 0.462 e. The Hall–Kier alpha value is -2.30. The molecule has 6 atom stereocenters. The highest BCUT2D eigenvalue weighted by atomic mass is 32.2. The SMILES string of the molecule is Cc1ccc(S(=O)(=O)N(CC(C)C)C[C@@H](O)[C@@H](CC(=O)O[C@H]2CC[C@H]3OC[C@@H](O)C23)Cc2ccccc2)cc1. The molecule has 2 N–H and O–H groups in total. The van der Waals surface area contributed by atoms with Crippen molar-refractivity contribution in [3.8, 4) is 0 Å². The molecular formula is C30H41NO7S. The summed E-state index contributed by atoms with van der Waals surface area (Å²) in [6, 6.07) is 16.2. The van der Waals surface area contributed by atoms with Crippen molar-refractivity contribution in [2.45, 2.75) is 75.8 Å². The highest BCUT2D eigenvalue weighted by molar-refractivity contribution is 7.89. The highest BCUT2D eigenvalue weighted by Crippen LogP contribution is 2.38. The number of sulfonamides is 1. The minimum absolute atomic E-state index is 0.0327. The van der Waals surface area contributed by atoms with Crippen LogP contribution < -0.4 is 0 Å². The molecule has 0 spiro atoms. The van der Waals surface area contributed by atoms with Gasteiger partial charge in [-0.3, -0.25) is 4.79 Å². The number of hydrogen-bond donors (Lipinski definition) is 2. The Kier molecular flexibility index (Phi) is 9.82. The third-order valence-electron chi connectivity index (χ3n) is 7.73. The molecule has 8 nitrogen and oxygen atoms in total. The smallest absolute Gasteiger partial charge is 0.306 e. The molecule has 1 aliphatic heterocycles. The number of hydrogen-bond acceptors (Lipinski definition) is 7. The zero-order valence-electron chi connectivity index (χ0n) is 23.0. The summed E-state index contributed by atoms with van der Waals surface area (Å²) in [5.74, 6) is -1.22. The molecule has 1 heterocycles. The Morgan fingerprint density at radius 1 is 1.08 bits per heavy atom. The number of carbonyl (C=O) groups excluding carboxylic acids is 1. The fraction of sp³-hybridized carbons (Fsp3) is 0.567. The van der Waals surface area contributed by atoms with Crippen molar-refractivity contribution in [3.63, 3.8) is 0 Å². The summed E-state index contributed by atoms with van der Waals surface area (Å²) in [6.07, 6.45) is -0.599. The lowest BCUT2D eigenvalue weighted by Gasteiger charge is -2.30. The van der Waals surface area contributed by atoms with Gasteiger partial charge in [0.2, 0.25) is 10.0 Å². The first kappa shape index (κ1) is 29.7. The second-order valence-corrected chi connectivity index (χ2v) is 13.3. The summed E-state index contributed by atoms with van der Waals surface area (Å²) in [4.78, 5) is 13.3. The van der Waals surface area contributed by atoms with Crippen LogP contribution in [0.15, 0.2) is 59.5 Å². The maximum absolute atomic E-state index is 13.6. The van der Waals surface area contributed by atoms with Gasteiger partial charge < -0.3 is 19.7 Å². The molecule has 0 radical (unpaired) electrons. The number of fused-ring (bicyclic) bond motifs is 1. The van der Waals surface area contributed by atoms with Crippen LogP contribution in [-0.2, 0) is 30.7 Å². The molecule has 0 bridgehead atoms. The fourth-order valence-electron chi connectivity index (χ4n) is 5.70. The number of aliphatic hydroxyl groups excluding tert-OH is 2. The summed E-state index contributed by atoms with van der Waals surface area (Å²) < 4.78 is 39.9. The molecule has 2 aromatic rings. The quantitative estimate of drug-likeness (QED) is 0.384. The van der Waals surface area contributed by atoms with Crippen LogP contribution in [0, 0.1) is 24.7 Å². The lowest BCUT2D eigenvalue weighted by molar-refractivity contribution is -0.154. The first-order chi connectivity index (χ1) is 18.5. The molecule has 2 aromatic carbocycles. The van der Waals surface area contributed by atoms with E-state index in [1.54, 1.807) is 24.3 Å². The Bertz CT molecular complexity index is 1190. The van der Waals surface area contributed by atoms with E-state index in [4.69, 9.17) is 9.47 Å². The maximum atomic E-state index is 13.6. The summed E-state index contributed by atoms with van der Waals surface area (Å²) in [6.45, 7) is 6.10. The lowest BCUT2D eigenvalue weighted by atomic mass is 9.90. The van der Waals surface area contributed by atoms with Crippen LogP contribution >= 0.6 is 0 Å². The first-order valence-electron chi connectivity index (χ1n) is 13.8. The van der Waals surface area contributed by atoms with Crippen molar-refractivity contribution >= 4 is 16.0 Å². The average Bonchev–Trinajstić information content (AvgIpc) is 3.46. The Balaban J connectivity index is 1.51. The molecule has 0 amide bonds. The monoisotopic (exact) mass is 559 g/mol. The van der Waals surface area contributed by atoms with E-state index in [1.165, 1.54) is 4.31 Å². The van der Waals surface area contributed by atoms with Gasteiger partial charge in [-0.25, -0.2) is 8.42 Å². The zero-order valence-corrected chi connectivity index (χ0v) is 23.8. The molecule has 0 aromatic heterocycles. The third-order valence-corrected chi connectivity index (χ3v) is 9.58. The van der Waals surface area contributed by atoms with Gasteiger partial charge in [-0.05, 0) is 49.8 Å². The molecule has 1 aliphatic carbocycles. The van der Waals surface area contributed by atoms with Crippen LogP contribution in [0.4, 0.5) is 0 Å². The number of carbonyl (C=O) groups is 1. The molecular weight excluding hydrogens is 518 g/mol. The van der Waals surface area contributed by atoms with Crippen LogP contribution in [0.2, 0.25) is 0 Å². The number of benzene rings is 2. The minimum Gasteiger partial charge on any atom is -0.462 e. The molecule has 1 unspecified atom stereocenters. The Labute approximate surface area is 232 Å². The number of esters is 1. The van der Waals surface area contributed by atoms with Gasteiger partial charge in [0.1, 0.15) is 6.10 Å². The van der Waals surface area contributed by atoms with Gasteiger partial charge >= 0.3 is 5.97 Å². The van der Waals surface area contributed by atoms with E-state index in [2.05, 4.69) is 0 Å². The fourth-order valence-corrected chi connectivity index (χ4v) is 7.32. The molecule has 9 heteroatoms. The van der Waals surface area contributed by atoms with E-state index in [1.807, 2.05) is 51.1 Å². The van der Waals surface area contributed by atoms with E-state index >= 15 is 0 Å². The van der Waals surface area contributed by atoms with Gasteiger partial charge in [0.05, 0.1) is 42.2 Å². The predicted octanol–water partition coefficient (Wildman–Crippen LogP) is 3.33. The number of rotatable bonds is 12. The summed E-state index contributed by atoms with van der Waals surface area (Å²) in [5.41, 5.74) is 1.89. The molecule has 1 saturated carbocycles. The maximum Gasteiger partial charge on any atom is 0.306 e. The number of nitrogens with zero attached hydrogens (tertiary/aromatic N) is 1. The minimum atomic E-state index is -3.86. The average molecular weight is 560 g/mol. The molecule has 2 aliphatic rings. The van der Waals surface area contributed by atoms with E-state index in [0.717, 1.165) is 17.5 Å². The van der Waals surface area contributed by atoms with Crippen LogP contribution in [0.5, 0.6) is 0 Å². The molecule has 214 valence electrons.